The summed E-state index contributed by atoms with van der Waals surface area (Å²) in [4.78, 5) is 4.27. The smallest absolute Gasteiger partial charge is 0.142 e. The molecule has 0 bridgehead atoms. The lowest BCUT2D eigenvalue weighted by Gasteiger charge is -2.11. The molecule has 1 aliphatic rings. The van der Waals surface area contributed by atoms with Gasteiger partial charge in [0, 0.05) is 5.56 Å². The molecular weight excluding hydrogens is 303 g/mol. The Kier molecular flexibility index (Phi) is 3.63. The van der Waals surface area contributed by atoms with Crippen molar-refractivity contribution in [2.24, 2.45) is 0 Å². The highest BCUT2D eigenvalue weighted by atomic mass is 19.1. The Labute approximate surface area is 139 Å². The first-order valence-electron chi connectivity index (χ1n) is 7.27. The summed E-state index contributed by atoms with van der Waals surface area (Å²) in [7, 11) is 0. The predicted octanol–water partition coefficient (Wildman–Crippen LogP) is 3.83. The van der Waals surface area contributed by atoms with E-state index in [-0.39, 0.29) is 11.6 Å². The molecule has 0 radical (unpaired) electrons. The molecule has 0 spiro atoms. The van der Waals surface area contributed by atoms with Crippen molar-refractivity contribution >= 4 is 23.0 Å². The van der Waals surface area contributed by atoms with Crippen LogP contribution in [-0.2, 0) is 0 Å². The van der Waals surface area contributed by atoms with Gasteiger partial charge < -0.3 is 5.73 Å². The molecule has 0 saturated heterocycles. The van der Waals surface area contributed by atoms with Crippen LogP contribution >= 0.6 is 0 Å². The maximum Gasteiger partial charge on any atom is 0.142 e. The molecule has 0 atom stereocenters. The Morgan fingerprint density at radius 2 is 1.79 bits per heavy atom. The molecule has 24 heavy (non-hydrogen) atoms. The van der Waals surface area contributed by atoms with Gasteiger partial charge in [-0.2, -0.15) is 10.5 Å². The first-order chi connectivity index (χ1) is 11.5. The quantitative estimate of drug-likeness (QED) is 0.866. The topological polar surface area (TPSA) is 86.5 Å². The van der Waals surface area contributed by atoms with Crippen LogP contribution in [0.2, 0.25) is 0 Å². The zero-order valence-electron chi connectivity index (χ0n) is 13.2. The summed E-state index contributed by atoms with van der Waals surface area (Å²) in [6, 6.07) is 10.3. The van der Waals surface area contributed by atoms with Gasteiger partial charge in [0.15, 0.2) is 0 Å². The van der Waals surface area contributed by atoms with Gasteiger partial charge in [-0.25, -0.2) is 9.37 Å². The van der Waals surface area contributed by atoms with E-state index in [9.17, 15) is 14.9 Å². The highest BCUT2D eigenvalue weighted by Gasteiger charge is 2.29. The van der Waals surface area contributed by atoms with Crippen molar-refractivity contribution in [1.29, 1.82) is 10.5 Å². The van der Waals surface area contributed by atoms with Gasteiger partial charge in [-0.15, -0.1) is 0 Å². The Morgan fingerprint density at radius 3 is 2.38 bits per heavy atom. The largest absolute Gasteiger partial charge is 0.383 e. The van der Waals surface area contributed by atoms with Gasteiger partial charge in [0.1, 0.15) is 23.8 Å². The van der Waals surface area contributed by atoms with Crippen LogP contribution in [-0.4, -0.2) is 4.98 Å². The van der Waals surface area contributed by atoms with Gasteiger partial charge in [0.25, 0.3) is 0 Å². The number of benzene rings is 1. The number of halogens is 1. The number of hydrogen-bond acceptors (Lipinski definition) is 4. The number of nitrogens with zero attached hydrogens (tertiary/aromatic N) is 3. The van der Waals surface area contributed by atoms with Crippen molar-refractivity contribution in [1.82, 2.24) is 4.98 Å². The van der Waals surface area contributed by atoms with E-state index in [1.54, 1.807) is 19.1 Å². The molecule has 116 valence electrons. The van der Waals surface area contributed by atoms with Crippen molar-refractivity contribution in [3.8, 4) is 12.1 Å². The monoisotopic (exact) mass is 316 g/mol. The highest BCUT2D eigenvalue weighted by molar-refractivity contribution is 6.08. The van der Waals surface area contributed by atoms with Crippen molar-refractivity contribution in [3.63, 3.8) is 0 Å². The average Bonchev–Trinajstić information content (AvgIpc) is 2.81. The Balaban J connectivity index is 2.31. The molecule has 3 rings (SSSR count). The number of pyridine rings is 1. The standard InChI is InChI=1S/C19H13FN4/c1-10-14(7-12-3-5-13(20)6-4-12)17-11(2)16(9-22)19(23)24-18(17)15(10)8-21/h3-7H,1-2H3,(H2,23,24). The molecule has 0 aliphatic heterocycles. The van der Waals surface area contributed by atoms with Crippen LogP contribution in [0.4, 0.5) is 10.2 Å². The van der Waals surface area contributed by atoms with Crippen molar-refractivity contribution < 1.29 is 4.39 Å². The molecule has 0 fully saturated rings. The summed E-state index contributed by atoms with van der Waals surface area (Å²) < 4.78 is 13.1. The van der Waals surface area contributed by atoms with Gasteiger partial charge in [0.2, 0.25) is 0 Å². The zero-order valence-corrected chi connectivity index (χ0v) is 13.2. The van der Waals surface area contributed by atoms with Crippen LogP contribution in [0.3, 0.4) is 0 Å². The van der Waals surface area contributed by atoms with E-state index in [2.05, 4.69) is 17.1 Å². The Bertz CT molecular complexity index is 1000. The molecule has 0 amide bonds. The molecule has 5 heteroatoms. The molecule has 0 unspecified atom stereocenters. The second-order valence-corrected chi connectivity index (χ2v) is 5.55. The molecule has 1 aromatic heterocycles. The first kappa shape index (κ1) is 15.5. The molecule has 1 heterocycles. The van der Waals surface area contributed by atoms with E-state index in [0.29, 0.717) is 22.4 Å². The summed E-state index contributed by atoms with van der Waals surface area (Å²) in [5, 5.41) is 18.8. The third-order valence-electron chi connectivity index (χ3n) is 4.16. The number of rotatable bonds is 1. The highest BCUT2D eigenvalue weighted by Crippen LogP contribution is 2.44. The van der Waals surface area contributed by atoms with Crippen LogP contribution in [0.5, 0.6) is 0 Å². The summed E-state index contributed by atoms with van der Waals surface area (Å²) in [5.74, 6) is -0.191. The number of anilines is 1. The van der Waals surface area contributed by atoms with E-state index in [4.69, 9.17) is 5.73 Å². The molecule has 2 aromatic rings. The van der Waals surface area contributed by atoms with Crippen LogP contribution in [0.1, 0.15) is 34.9 Å². The molecular formula is C19H13FN4. The van der Waals surface area contributed by atoms with Crippen LogP contribution < -0.4 is 5.73 Å². The van der Waals surface area contributed by atoms with Gasteiger partial charge in [-0.1, -0.05) is 12.1 Å². The maximum absolute atomic E-state index is 13.1. The minimum Gasteiger partial charge on any atom is -0.383 e. The third-order valence-corrected chi connectivity index (χ3v) is 4.16. The Hall–Kier alpha value is -3.44. The number of hydrogen-bond donors (Lipinski definition) is 1. The fraction of sp³-hybridized carbons (Fsp3) is 0.105. The lowest BCUT2D eigenvalue weighted by molar-refractivity contribution is 0.628. The third kappa shape index (κ3) is 2.24. The lowest BCUT2D eigenvalue weighted by atomic mass is 9.95. The fourth-order valence-electron chi connectivity index (χ4n) is 2.92. The van der Waals surface area contributed by atoms with E-state index < -0.39 is 0 Å². The van der Waals surface area contributed by atoms with Gasteiger partial charge >= 0.3 is 0 Å². The van der Waals surface area contributed by atoms with E-state index in [1.165, 1.54) is 12.1 Å². The zero-order chi connectivity index (χ0) is 17.4. The normalized spacial score (nSPS) is 14.5. The Morgan fingerprint density at radius 1 is 1.12 bits per heavy atom. The van der Waals surface area contributed by atoms with E-state index in [1.807, 2.05) is 13.0 Å². The second-order valence-electron chi connectivity index (χ2n) is 5.55. The SMILES string of the molecule is CC1=C(C#N)c2nc(N)c(C#N)c(C)c2C1=Cc1ccc(F)cc1. The maximum atomic E-state index is 13.1. The predicted molar refractivity (Wildman–Crippen MR) is 90.6 cm³/mol. The van der Waals surface area contributed by atoms with Gasteiger partial charge in [-0.3, -0.25) is 0 Å². The number of aromatic nitrogens is 1. The lowest BCUT2D eigenvalue weighted by Crippen LogP contribution is -2.03. The average molecular weight is 316 g/mol. The molecule has 1 aromatic carbocycles. The molecule has 1 aliphatic carbocycles. The second kappa shape index (κ2) is 5.64. The molecule has 4 nitrogen and oxygen atoms in total. The number of nitriles is 2. The summed E-state index contributed by atoms with van der Waals surface area (Å²) >= 11 is 0. The van der Waals surface area contributed by atoms with Crippen molar-refractivity contribution in [2.75, 3.05) is 5.73 Å². The van der Waals surface area contributed by atoms with Crippen LogP contribution in [0, 0.1) is 35.4 Å². The minimum atomic E-state index is -0.314. The van der Waals surface area contributed by atoms with Crippen molar-refractivity contribution in [2.45, 2.75) is 13.8 Å². The molecule has 2 N–H and O–H groups in total. The minimum absolute atomic E-state index is 0.123. The number of allylic oxidation sites excluding steroid dienone is 3. The van der Waals surface area contributed by atoms with Crippen LogP contribution in [0.15, 0.2) is 29.8 Å². The van der Waals surface area contributed by atoms with Crippen LogP contribution in [0.25, 0.3) is 17.2 Å². The van der Waals surface area contributed by atoms with Crippen molar-refractivity contribution in [3.05, 3.63) is 63.6 Å². The number of nitrogen functional groups attached to an aromatic ring is 1. The van der Waals surface area contributed by atoms with E-state index in [0.717, 1.165) is 22.3 Å². The summed E-state index contributed by atoms with van der Waals surface area (Å²) in [6.07, 6.45) is 1.87. The number of fused-ring (bicyclic) bond motifs is 1. The first-order valence-corrected chi connectivity index (χ1v) is 7.27. The fourth-order valence-corrected chi connectivity index (χ4v) is 2.92. The summed E-state index contributed by atoms with van der Waals surface area (Å²) in [6.45, 7) is 3.62. The van der Waals surface area contributed by atoms with Gasteiger partial charge in [0.05, 0.1) is 16.8 Å². The summed E-state index contributed by atoms with van der Waals surface area (Å²) in [5.41, 5.74) is 10.9. The van der Waals surface area contributed by atoms with E-state index >= 15 is 0 Å². The van der Waals surface area contributed by atoms with Gasteiger partial charge in [-0.05, 0) is 54.3 Å². The molecule has 0 saturated carbocycles. The number of nitrogens with two attached hydrogens (primary N) is 1.